The molecule has 0 aliphatic carbocycles. The lowest BCUT2D eigenvalue weighted by Gasteiger charge is -2.22. The lowest BCUT2D eigenvalue weighted by molar-refractivity contribution is -0.138. The fourth-order valence-corrected chi connectivity index (χ4v) is 2.13. The number of rotatable bonds is 2. The van der Waals surface area contributed by atoms with Crippen molar-refractivity contribution in [3.63, 3.8) is 0 Å². The maximum Gasteiger partial charge on any atom is 0.293 e. The minimum absolute atomic E-state index is 0.149. The van der Waals surface area contributed by atoms with Gasteiger partial charge in [0.2, 0.25) is 0 Å². The number of benzene rings is 1. The molecule has 0 spiro atoms. The van der Waals surface area contributed by atoms with Crippen LogP contribution in [-0.4, -0.2) is 25.2 Å². The largest absolute Gasteiger partial charge is 0.462 e. The van der Waals surface area contributed by atoms with Gasteiger partial charge in [-0.25, -0.2) is 4.39 Å². The van der Waals surface area contributed by atoms with Crippen LogP contribution in [0, 0.1) is 5.82 Å². The first-order valence-corrected chi connectivity index (χ1v) is 7.54. The van der Waals surface area contributed by atoms with E-state index in [1.54, 1.807) is 12.1 Å². The van der Waals surface area contributed by atoms with Crippen molar-refractivity contribution in [1.82, 2.24) is 0 Å². The van der Waals surface area contributed by atoms with E-state index in [4.69, 9.17) is 0 Å². The molecule has 1 aliphatic heterocycles. The van der Waals surface area contributed by atoms with Crippen LogP contribution in [0.5, 0.6) is 0 Å². The SMILES string of the molecule is CC(C)(C)OC=O.Fc1ccc(N2CCCCCC2)cc1. The lowest BCUT2D eigenvalue weighted by Crippen LogP contribution is -2.23. The topological polar surface area (TPSA) is 29.5 Å². The molecule has 0 saturated carbocycles. The molecule has 0 aromatic heterocycles. The smallest absolute Gasteiger partial charge is 0.293 e. The van der Waals surface area contributed by atoms with E-state index >= 15 is 0 Å². The summed E-state index contributed by atoms with van der Waals surface area (Å²) in [6, 6.07) is 6.84. The molecular weight excluding hydrogens is 269 g/mol. The Balaban J connectivity index is 0.000000270. The first-order chi connectivity index (χ1) is 9.92. The van der Waals surface area contributed by atoms with Gasteiger partial charge in [-0.15, -0.1) is 0 Å². The van der Waals surface area contributed by atoms with Crippen LogP contribution in [0.25, 0.3) is 0 Å². The highest BCUT2D eigenvalue weighted by Crippen LogP contribution is 2.19. The third-order valence-corrected chi connectivity index (χ3v) is 3.20. The summed E-state index contributed by atoms with van der Waals surface area (Å²) in [5, 5.41) is 0. The highest BCUT2D eigenvalue weighted by molar-refractivity contribution is 5.46. The molecular formula is C17H26FNO2. The highest BCUT2D eigenvalue weighted by atomic mass is 19.1. The maximum absolute atomic E-state index is 12.7. The Morgan fingerprint density at radius 3 is 1.95 bits per heavy atom. The van der Waals surface area contributed by atoms with Crippen molar-refractivity contribution >= 4 is 12.2 Å². The maximum atomic E-state index is 12.7. The molecule has 1 aromatic carbocycles. The molecule has 4 heteroatoms. The number of hydrogen-bond donors (Lipinski definition) is 0. The molecule has 1 aromatic rings. The molecule has 2 rings (SSSR count). The number of anilines is 1. The second kappa shape index (κ2) is 8.65. The lowest BCUT2D eigenvalue weighted by atomic mass is 10.2. The van der Waals surface area contributed by atoms with Gasteiger partial charge < -0.3 is 9.64 Å². The Bertz CT molecular complexity index is 404. The number of carbonyl (C=O) groups excluding carboxylic acids is 1. The Labute approximate surface area is 127 Å². The van der Waals surface area contributed by atoms with Crippen LogP contribution in [0.2, 0.25) is 0 Å². The fourth-order valence-electron chi connectivity index (χ4n) is 2.13. The summed E-state index contributed by atoms with van der Waals surface area (Å²) >= 11 is 0. The number of hydrogen-bond acceptors (Lipinski definition) is 3. The van der Waals surface area contributed by atoms with Crippen LogP contribution < -0.4 is 4.90 Å². The molecule has 1 aliphatic rings. The second-order valence-corrected chi connectivity index (χ2v) is 6.20. The second-order valence-electron chi connectivity index (χ2n) is 6.20. The van der Waals surface area contributed by atoms with Crippen molar-refractivity contribution in [3.05, 3.63) is 30.1 Å². The quantitative estimate of drug-likeness (QED) is 0.767. The van der Waals surface area contributed by atoms with Gasteiger partial charge in [0.1, 0.15) is 11.4 Å². The third kappa shape index (κ3) is 7.69. The van der Waals surface area contributed by atoms with Crippen LogP contribution in [0.4, 0.5) is 10.1 Å². The van der Waals surface area contributed by atoms with Gasteiger partial charge in [-0.05, 0) is 57.9 Å². The molecule has 3 nitrogen and oxygen atoms in total. The van der Waals surface area contributed by atoms with E-state index in [0.717, 1.165) is 18.8 Å². The van der Waals surface area contributed by atoms with E-state index in [9.17, 15) is 9.18 Å². The minimum atomic E-state index is -0.318. The van der Waals surface area contributed by atoms with Gasteiger partial charge in [0.25, 0.3) is 6.47 Å². The average Bonchev–Trinajstić information content (AvgIpc) is 2.68. The average molecular weight is 295 g/mol. The predicted molar refractivity (Wildman–Crippen MR) is 84.0 cm³/mol. The molecule has 1 heterocycles. The molecule has 118 valence electrons. The van der Waals surface area contributed by atoms with E-state index in [0.29, 0.717) is 6.47 Å². The summed E-state index contributed by atoms with van der Waals surface area (Å²) in [5.41, 5.74) is 0.843. The van der Waals surface area contributed by atoms with Crippen LogP contribution in [-0.2, 0) is 9.53 Å². The van der Waals surface area contributed by atoms with E-state index in [1.807, 2.05) is 32.9 Å². The number of carbonyl (C=O) groups is 1. The fraction of sp³-hybridized carbons (Fsp3) is 0.588. The van der Waals surface area contributed by atoms with Gasteiger partial charge in [0, 0.05) is 18.8 Å². The van der Waals surface area contributed by atoms with Gasteiger partial charge in [0.05, 0.1) is 0 Å². The van der Waals surface area contributed by atoms with Crippen LogP contribution in [0.15, 0.2) is 24.3 Å². The van der Waals surface area contributed by atoms with Gasteiger partial charge in [-0.2, -0.15) is 0 Å². The van der Waals surface area contributed by atoms with Crippen molar-refractivity contribution < 1.29 is 13.9 Å². The van der Waals surface area contributed by atoms with Gasteiger partial charge >= 0.3 is 0 Å². The molecule has 0 N–H and O–H groups in total. The van der Waals surface area contributed by atoms with Crippen molar-refractivity contribution in [2.24, 2.45) is 0 Å². The van der Waals surface area contributed by atoms with Crippen molar-refractivity contribution in [3.8, 4) is 0 Å². The van der Waals surface area contributed by atoms with Crippen molar-refractivity contribution in [1.29, 1.82) is 0 Å². The van der Waals surface area contributed by atoms with Crippen LogP contribution >= 0.6 is 0 Å². The summed E-state index contributed by atoms with van der Waals surface area (Å²) in [6.45, 7) is 8.15. The van der Waals surface area contributed by atoms with Gasteiger partial charge in [0.15, 0.2) is 0 Å². The minimum Gasteiger partial charge on any atom is -0.462 e. The van der Waals surface area contributed by atoms with Crippen LogP contribution in [0.3, 0.4) is 0 Å². The third-order valence-electron chi connectivity index (χ3n) is 3.20. The highest BCUT2D eigenvalue weighted by Gasteiger charge is 2.09. The Kier molecular flexibility index (Phi) is 7.20. The van der Waals surface area contributed by atoms with E-state index in [-0.39, 0.29) is 11.4 Å². The summed E-state index contributed by atoms with van der Waals surface area (Å²) in [6.07, 6.45) is 5.18. The summed E-state index contributed by atoms with van der Waals surface area (Å²) in [7, 11) is 0. The summed E-state index contributed by atoms with van der Waals surface area (Å²) in [4.78, 5) is 12.0. The monoisotopic (exact) mass is 295 g/mol. The zero-order valence-electron chi connectivity index (χ0n) is 13.3. The zero-order chi connectivity index (χ0) is 15.7. The van der Waals surface area contributed by atoms with Gasteiger partial charge in [-0.3, -0.25) is 4.79 Å². The van der Waals surface area contributed by atoms with Gasteiger partial charge in [-0.1, -0.05) is 12.8 Å². The molecule has 0 unspecified atom stereocenters. The molecule has 1 saturated heterocycles. The normalized spacial score (nSPS) is 15.5. The van der Waals surface area contributed by atoms with Crippen LogP contribution in [0.1, 0.15) is 46.5 Å². The number of ether oxygens (including phenoxy) is 1. The number of halogens is 1. The van der Waals surface area contributed by atoms with E-state index in [2.05, 4.69) is 9.64 Å². The van der Waals surface area contributed by atoms with E-state index < -0.39 is 0 Å². The van der Waals surface area contributed by atoms with Crippen molar-refractivity contribution in [2.45, 2.75) is 52.1 Å². The summed E-state index contributed by atoms with van der Waals surface area (Å²) < 4.78 is 17.3. The standard InChI is InChI=1S/C12H16FN.C5H10O2/c13-11-5-7-12(8-6-11)14-9-3-1-2-4-10-14;1-5(2,3)7-4-6/h5-8H,1-4,9-10H2;4H,1-3H3. The first kappa shape index (κ1) is 17.5. The first-order valence-electron chi connectivity index (χ1n) is 7.54. The number of nitrogens with zero attached hydrogens (tertiary/aromatic N) is 1. The van der Waals surface area contributed by atoms with Crippen molar-refractivity contribution in [2.75, 3.05) is 18.0 Å². The molecule has 0 atom stereocenters. The molecule has 21 heavy (non-hydrogen) atoms. The molecule has 0 radical (unpaired) electrons. The molecule has 0 bridgehead atoms. The predicted octanol–water partition coefficient (Wildman–Crippen LogP) is 4.16. The molecule has 1 fully saturated rings. The Morgan fingerprint density at radius 1 is 1.05 bits per heavy atom. The zero-order valence-corrected chi connectivity index (χ0v) is 13.3. The Hall–Kier alpha value is -1.58. The summed E-state index contributed by atoms with van der Waals surface area (Å²) in [5.74, 6) is -0.149. The molecule has 0 amide bonds. The Morgan fingerprint density at radius 2 is 1.57 bits per heavy atom. The van der Waals surface area contributed by atoms with E-state index in [1.165, 1.54) is 25.7 Å².